The van der Waals surface area contributed by atoms with E-state index in [0.29, 0.717) is 5.56 Å². The lowest BCUT2D eigenvalue weighted by Crippen LogP contribution is -2.30. The minimum absolute atomic E-state index is 0.134. The van der Waals surface area contributed by atoms with Crippen LogP contribution in [0.1, 0.15) is 19.4 Å². The number of benzene rings is 1. The summed E-state index contributed by atoms with van der Waals surface area (Å²) in [6, 6.07) is 2.63. The summed E-state index contributed by atoms with van der Waals surface area (Å²) in [6.45, 7) is 3.59. The lowest BCUT2D eigenvalue weighted by atomic mass is 10.1. The Morgan fingerprint density at radius 3 is 2.62 bits per heavy atom. The van der Waals surface area contributed by atoms with Crippen molar-refractivity contribution in [2.24, 2.45) is 0 Å². The van der Waals surface area contributed by atoms with Gasteiger partial charge in [-0.25, -0.2) is 9.59 Å². The smallest absolute Gasteiger partial charge is 0.344 e. The first-order valence-electron chi connectivity index (χ1n) is 7.91. The SMILES string of the molecule is CCOC(=O)COc1c(Cl)cc(/C=C2/NC(=O)N(CC)C2=O)cc1OC. The molecule has 140 valence electrons. The van der Waals surface area contributed by atoms with Crippen molar-refractivity contribution in [1.29, 1.82) is 0 Å². The second-order valence-electron chi connectivity index (χ2n) is 5.17. The molecule has 1 saturated heterocycles. The molecule has 0 radical (unpaired) electrons. The Morgan fingerprint density at radius 1 is 1.31 bits per heavy atom. The zero-order chi connectivity index (χ0) is 19.3. The maximum absolute atomic E-state index is 12.1. The molecule has 26 heavy (non-hydrogen) atoms. The molecular formula is C17H19ClN2O6. The number of likely N-dealkylation sites (N-methyl/N-ethyl adjacent to an activating group) is 1. The number of amides is 3. The predicted octanol–water partition coefficient (Wildman–Crippen LogP) is 2.20. The van der Waals surface area contributed by atoms with Crippen LogP contribution in [-0.4, -0.2) is 49.7 Å². The zero-order valence-electron chi connectivity index (χ0n) is 14.6. The van der Waals surface area contributed by atoms with Crippen LogP contribution in [0.15, 0.2) is 17.8 Å². The van der Waals surface area contributed by atoms with Crippen LogP contribution in [0.2, 0.25) is 5.02 Å². The maximum atomic E-state index is 12.1. The van der Waals surface area contributed by atoms with Gasteiger partial charge in [0.1, 0.15) is 5.70 Å². The predicted molar refractivity (Wildman–Crippen MR) is 94.0 cm³/mol. The van der Waals surface area contributed by atoms with Crippen molar-refractivity contribution in [3.05, 3.63) is 28.4 Å². The maximum Gasteiger partial charge on any atom is 0.344 e. The molecule has 1 aliphatic rings. The van der Waals surface area contributed by atoms with Crippen LogP contribution in [0.5, 0.6) is 11.5 Å². The van der Waals surface area contributed by atoms with E-state index in [9.17, 15) is 14.4 Å². The van der Waals surface area contributed by atoms with Crippen LogP contribution in [-0.2, 0) is 14.3 Å². The highest BCUT2D eigenvalue weighted by Crippen LogP contribution is 2.37. The summed E-state index contributed by atoms with van der Waals surface area (Å²) in [5, 5.41) is 2.69. The molecule has 0 atom stereocenters. The molecule has 0 unspecified atom stereocenters. The van der Waals surface area contributed by atoms with Gasteiger partial charge >= 0.3 is 12.0 Å². The molecule has 1 aromatic carbocycles. The van der Waals surface area contributed by atoms with Gasteiger partial charge in [-0.3, -0.25) is 9.69 Å². The number of imide groups is 1. The van der Waals surface area contributed by atoms with Crippen LogP contribution in [0.25, 0.3) is 6.08 Å². The first kappa shape index (κ1) is 19.6. The van der Waals surface area contributed by atoms with Crippen molar-refractivity contribution in [2.45, 2.75) is 13.8 Å². The van der Waals surface area contributed by atoms with E-state index in [4.69, 9.17) is 25.8 Å². The van der Waals surface area contributed by atoms with E-state index in [0.717, 1.165) is 4.90 Å². The van der Waals surface area contributed by atoms with E-state index in [1.807, 2.05) is 0 Å². The lowest BCUT2D eigenvalue weighted by molar-refractivity contribution is -0.145. The molecule has 3 amide bonds. The van der Waals surface area contributed by atoms with Gasteiger partial charge < -0.3 is 19.5 Å². The van der Waals surface area contributed by atoms with Gasteiger partial charge in [-0.2, -0.15) is 0 Å². The molecule has 1 N–H and O–H groups in total. The largest absolute Gasteiger partial charge is 0.493 e. The Bertz CT molecular complexity index is 762. The Labute approximate surface area is 155 Å². The second-order valence-corrected chi connectivity index (χ2v) is 5.57. The van der Waals surface area contributed by atoms with Crippen molar-refractivity contribution < 1.29 is 28.6 Å². The molecule has 0 saturated carbocycles. The first-order valence-corrected chi connectivity index (χ1v) is 8.29. The highest BCUT2D eigenvalue weighted by molar-refractivity contribution is 6.32. The van der Waals surface area contributed by atoms with Crippen molar-refractivity contribution in [2.75, 3.05) is 26.9 Å². The minimum atomic E-state index is -0.532. The Hall–Kier alpha value is -2.74. The van der Waals surface area contributed by atoms with Crippen LogP contribution in [0, 0.1) is 0 Å². The standard InChI is InChI=1S/C17H19ClN2O6/c1-4-20-16(22)12(19-17(20)23)7-10-6-11(18)15(13(8-10)24-3)26-9-14(21)25-5-2/h6-8H,4-5,9H2,1-3H3,(H,19,23)/b12-7+. The quantitative estimate of drug-likeness (QED) is 0.441. The summed E-state index contributed by atoms with van der Waals surface area (Å²) in [5.41, 5.74) is 0.659. The van der Waals surface area contributed by atoms with Crippen LogP contribution >= 0.6 is 11.6 Å². The molecule has 9 heteroatoms. The molecule has 1 fully saturated rings. The summed E-state index contributed by atoms with van der Waals surface area (Å²) < 4.78 is 15.4. The fourth-order valence-electron chi connectivity index (χ4n) is 2.32. The summed E-state index contributed by atoms with van der Waals surface area (Å²) in [7, 11) is 1.42. The average molecular weight is 383 g/mol. The average Bonchev–Trinajstić information content (AvgIpc) is 2.86. The number of esters is 1. The van der Waals surface area contributed by atoms with Crippen LogP contribution < -0.4 is 14.8 Å². The third kappa shape index (κ3) is 4.26. The third-order valence-electron chi connectivity index (χ3n) is 3.48. The molecule has 1 aromatic rings. The van der Waals surface area contributed by atoms with Gasteiger partial charge in [-0.15, -0.1) is 0 Å². The highest BCUT2D eigenvalue weighted by atomic mass is 35.5. The summed E-state index contributed by atoms with van der Waals surface area (Å²) in [5.74, 6) is -0.495. The van der Waals surface area contributed by atoms with Gasteiger partial charge in [0, 0.05) is 6.54 Å². The molecule has 0 spiro atoms. The van der Waals surface area contributed by atoms with Gasteiger partial charge in [-0.1, -0.05) is 11.6 Å². The van der Waals surface area contributed by atoms with Crippen molar-refractivity contribution in [1.82, 2.24) is 10.2 Å². The van der Waals surface area contributed by atoms with Crippen molar-refractivity contribution in [3.63, 3.8) is 0 Å². The first-order chi connectivity index (χ1) is 12.4. The van der Waals surface area contributed by atoms with E-state index in [1.54, 1.807) is 19.9 Å². The number of carbonyl (C=O) groups is 3. The molecule has 0 bridgehead atoms. The summed E-state index contributed by atoms with van der Waals surface area (Å²) in [6.07, 6.45) is 1.49. The normalized spacial score (nSPS) is 15.2. The summed E-state index contributed by atoms with van der Waals surface area (Å²) >= 11 is 6.21. The third-order valence-corrected chi connectivity index (χ3v) is 3.76. The van der Waals surface area contributed by atoms with Crippen LogP contribution in [0.4, 0.5) is 4.79 Å². The summed E-state index contributed by atoms with van der Waals surface area (Å²) in [4.78, 5) is 36.3. The molecule has 0 aliphatic carbocycles. The number of ether oxygens (including phenoxy) is 3. The topological polar surface area (TPSA) is 94.2 Å². The van der Waals surface area contributed by atoms with Crippen molar-refractivity contribution >= 4 is 35.6 Å². The molecule has 1 heterocycles. The molecule has 1 aliphatic heterocycles. The fraction of sp³-hybridized carbons (Fsp3) is 0.353. The van der Waals surface area contributed by atoms with Gasteiger partial charge in [0.2, 0.25) is 0 Å². The van der Waals surface area contributed by atoms with E-state index in [1.165, 1.54) is 19.3 Å². The minimum Gasteiger partial charge on any atom is -0.493 e. The number of methoxy groups -OCH3 is 1. The fourth-order valence-corrected chi connectivity index (χ4v) is 2.60. The number of nitrogens with zero attached hydrogens (tertiary/aromatic N) is 1. The highest BCUT2D eigenvalue weighted by Gasteiger charge is 2.32. The van der Waals surface area contributed by atoms with Gasteiger partial charge in [0.05, 0.1) is 18.7 Å². The molecule has 8 nitrogen and oxygen atoms in total. The number of hydrogen-bond acceptors (Lipinski definition) is 6. The Balaban J connectivity index is 2.26. The second kappa shape index (κ2) is 8.57. The number of urea groups is 1. The van der Waals surface area contributed by atoms with E-state index < -0.39 is 17.9 Å². The molecular weight excluding hydrogens is 364 g/mol. The van der Waals surface area contributed by atoms with Gasteiger partial charge in [0.15, 0.2) is 18.1 Å². The van der Waals surface area contributed by atoms with E-state index >= 15 is 0 Å². The van der Waals surface area contributed by atoms with E-state index in [2.05, 4.69) is 5.32 Å². The molecule has 2 rings (SSSR count). The van der Waals surface area contributed by atoms with E-state index in [-0.39, 0.29) is 42.0 Å². The number of rotatable bonds is 7. The molecule has 0 aromatic heterocycles. The van der Waals surface area contributed by atoms with Gasteiger partial charge in [0.25, 0.3) is 5.91 Å². The van der Waals surface area contributed by atoms with Gasteiger partial charge in [-0.05, 0) is 37.6 Å². The Kier molecular flexibility index (Phi) is 6.46. The number of hydrogen-bond donors (Lipinski definition) is 1. The zero-order valence-corrected chi connectivity index (χ0v) is 15.4. The monoisotopic (exact) mass is 382 g/mol. The number of nitrogens with one attached hydrogen (secondary N) is 1. The number of halogens is 1. The van der Waals surface area contributed by atoms with Crippen LogP contribution in [0.3, 0.4) is 0 Å². The van der Waals surface area contributed by atoms with Crippen molar-refractivity contribution in [3.8, 4) is 11.5 Å². The Morgan fingerprint density at radius 2 is 2.04 bits per heavy atom. The number of carbonyl (C=O) groups excluding carboxylic acids is 3. The lowest BCUT2D eigenvalue weighted by Gasteiger charge is -2.13.